The fourth-order valence-corrected chi connectivity index (χ4v) is 0.691. The maximum Gasteiger partial charge on any atom is 0.0203 e. The van der Waals surface area contributed by atoms with Gasteiger partial charge >= 0.3 is 0 Å². The molecule has 0 aromatic heterocycles. The van der Waals surface area contributed by atoms with Gasteiger partial charge in [-0.15, -0.1) is 0 Å². The zero-order valence-electron chi connectivity index (χ0n) is 4.98. The van der Waals surface area contributed by atoms with Crippen molar-refractivity contribution in [1.82, 2.24) is 0 Å². The molecule has 2 aliphatic rings. The maximum absolute atomic E-state index is 3.27. The molecule has 2 aliphatic carbocycles. The first kappa shape index (κ1) is 4.44. The highest BCUT2D eigenvalue weighted by Crippen LogP contribution is 2.31. The van der Waals surface area contributed by atoms with Crippen LogP contribution in [0.25, 0.3) is 0 Å². The molecule has 0 nitrogen and oxygen atoms in total. The summed E-state index contributed by atoms with van der Waals surface area (Å²) in [7, 11) is 0. The van der Waals surface area contributed by atoms with Crippen LogP contribution in [0.15, 0.2) is 0 Å². The summed E-state index contributed by atoms with van der Waals surface area (Å²) in [6.07, 6.45) is 5.50. The van der Waals surface area contributed by atoms with Crippen LogP contribution in [0.2, 0.25) is 0 Å². The lowest BCUT2D eigenvalue weighted by Crippen LogP contribution is -1.65. The van der Waals surface area contributed by atoms with E-state index in [1.54, 1.807) is 0 Å². The van der Waals surface area contributed by atoms with Crippen molar-refractivity contribution in [3.8, 4) is 11.8 Å². The van der Waals surface area contributed by atoms with Gasteiger partial charge < -0.3 is 0 Å². The Morgan fingerprint density at radius 3 is 1.38 bits per heavy atom. The Morgan fingerprint density at radius 1 is 0.750 bits per heavy atom. The molecule has 0 radical (unpaired) electrons. The van der Waals surface area contributed by atoms with E-state index in [9.17, 15) is 0 Å². The van der Waals surface area contributed by atoms with Crippen molar-refractivity contribution in [1.29, 1.82) is 0 Å². The quantitative estimate of drug-likeness (QED) is 0.413. The van der Waals surface area contributed by atoms with E-state index in [0.29, 0.717) is 0 Å². The van der Waals surface area contributed by atoms with Gasteiger partial charge in [-0.3, -0.25) is 0 Å². The van der Waals surface area contributed by atoms with Crippen molar-refractivity contribution in [3.05, 3.63) is 0 Å². The molecule has 0 N–H and O–H groups in total. The molecule has 2 rings (SSSR count). The van der Waals surface area contributed by atoms with Crippen molar-refractivity contribution < 1.29 is 0 Å². The highest BCUT2D eigenvalue weighted by molar-refractivity contribution is 5.14. The van der Waals surface area contributed by atoms with Crippen molar-refractivity contribution >= 4 is 0 Å². The summed E-state index contributed by atoms with van der Waals surface area (Å²) >= 11 is 0. The van der Waals surface area contributed by atoms with Gasteiger partial charge in [-0.1, -0.05) is 11.8 Å². The van der Waals surface area contributed by atoms with Gasteiger partial charge in [0.25, 0.3) is 0 Å². The van der Waals surface area contributed by atoms with Crippen LogP contribution in [0.3, 0.4) is 0 Å². The summed E-state index contributed by atoms with van der Waals surface area (Å²) in [5.74, 6) is 8.17. The Hall–Kier alpha value is -0.440. The molecule has 0 saturated heterocycles. The largest absolute Gasteiger partial charge is 0.0996 e. The third kappa shape index (κ3) is 1.04. The lowest BCUT2D eigenvalue weighted by molar-refractivity contribution is 1.13. The summed E-state index contributed by atoms with van der Waals surface area (Å²) in [5, 5.41) is 0. The maximum atomic E-state index is 3.27. The van der Waals surface area contributed by atoms with Gasteiger partial charge in [0, 0.05) is 11.8 Å². The number of hydrogen-bond donors (Lipinski definition) is 0. The van der Waals surface area contributed by atoms with Crippen molar-refractivity contribution in [2.45, 2.75) is 25.7 Å². The molecular formula is C8H10. The number of hydrogen-bond acceptors (Lipinski definition) is 0. The van der Waals surface area contributed by atoms with Crippen LogP contribution in [-0.2, 0) is 0 Å². The fourth-order valence-electron chi connectivity index (χ4n) is 0.691. The van der Waals surface area contributed by atoms with E-state index in [0.717, 1.165) is 11.8 Å². The SMILES string of the molecule is C(#CC1CC1)C1CC1. The Balaban J connectivity index is 1.85. The Bertz CT molecular complexity index is 123. The molecule has 0 bridgehead atoms. The Labute approximate surface area is 50.3 Å². The molecule has 0 amide bonds. The molecule has 0 aliphatic heterocycles. The molecule has 2 saturated carbocycles. The van der Waals surface area contributed by atoms with E-state index in [-0.39, 0.29) is 0 Å². The third-order valence-electron chi connectivity index (χ3n) is 1.65. The van der Waals surface area contributed by atoms with Crippen LogP contribution in [0.1, 0.15) is 25.7 Å². The molecule has 0 spiro atoms. The smallest absolute Gasteiger partial charge is 0.0203 e. The molecule has 42 valence electrons. The molecule has 0 atom stereocenters. The highest BCUT2D eigenvalue weighted by Gasteiger charge is 2.21. The fraction of sp³-hybridized carbons (Fsp3) is 0.750. The molecule has 0 aromatic rings. The lowest BCUT2D eigenvalue weighted by Gasteiger charge is -1.70. The zero-order chi connectivity index (χ0) is 5.40. The van der Waals surface area contributed by atoms with E-state index in [1.807, 2.05) is 0 Å². The molecule has 8 heavy (non-hydrogen) atoms. The van der Waals surface area contributed by atoms with E-state index in [4.69, 9.17) is 0 Å². The van der Waals surface area contributed by atoms with Gasteiger partial charge in [0.1, 0.15) is 0 Å². The minimum atomic E-state index is 0.815. The van der Waals surface area contributed by atoms with Crippen LogP contribution < -0.4 is 0 Å². The van der Waals surface area contributed by atoms with Crippen LogP contribution in [0, 0.1) is 23.7 Å². The minimum absolute atomic E-state index is 0.815. The van der Waals surface area contributed by atoms with Gasteiger partial charge in [-0.25, -0.2) is 0 Å². The monoisotopic (exact) mass is 106 g/mol. The van der Waals surface area contributed by atoms with Gasteiger partial charge in [0.2, 0.25) is 0 Å². The first-order valence-electron chi connectivity index (χ1n) is 3.46. The second kappa shape index (κ2) is 1.52. The predicted octanol–water partition coefficient (Wildman–Crippen LogP) is 1.81. The summed E-state index contributed by atoms with van der Waals surface area (Å²) < 4.78 is 0. The van der Waals surface area contributed by atoms with Gasteiger partial charge in [0.05, 0.1) is 0 Å². The topological polar surface area (TPSA) is 0 Å². The molecule has 0 unspecified atom stereocenters. The third-order valence-corrected chi connectivity index (χ3v) is 1.65. The average Bonchev–Trinajstić information content (AvgIpc) is 2.60. The minimum Gasteiger partial charge on any atom is -0.0996 e. The second-order valence-corrected chi connectivity index (χ2v) is 2.84. The summed E-state index contributed by atoms with van der Waals surface area (Å²) in [4.78, 5) is 0. The Morgan fingerprint density at radius 2 is 1.12 bits per heavy atom. The lowest BCUT2D eigenvalue weighted by atomic mass is 10.3. The van der Waals surface area contributed by atoms with E-state index >= 15 is 0 Å². The van der Waals surface area contributed by atoms with E-state index < -0.39 is 0 Å². The summed E-state index contributed by atoms with van der Waals surface area (Å²) in [6.45, 7) is 0. The van der Waals surface area contributed by atoms with E-state index in [1.165, 1.54) is 25.7 Å². The molecule has 2 fully saturated rings. The molecular weight excluding hydrogens is 96.1 g/mol. The molecule has 0 aromatic carbocycles. The Kier molecular flexibility index (Phi) is 0.842. The second-order valence-electron chi connectivity index (χ2n) is 2.84. The van der Waals surface area contributed by atoms with Crippen LogP contribution >= 0.6 is 0 Å². The van der Waals surface area contributed by atoms with Crippen LogP contribution in [-0.4, -0.2) is 0 Å². The zero-order valence-corrected chi connectivity index (χ0v) is 4.98. The summed E-state index contributed by atoms with van der Waals surface area (Å²) in [5.41, 5.74) is 0. The first-order valence-corrected chi connectivity index (χ1v) is 3.46. The number of rotatable bonds is 0. The molecule has 0 heterocycles. The normalized spacial score (nSPS) is 26.5. The van der Waals surface area contributed by atoms with Gasteiger partial charge in [0.15, 0.2) is 0 Å². The highest BCUT2D eigenvalue weighted by atomic mass is 14.2. The first-order chi connectivity index (χ1) is 3.95. The summed E-state index contributed by atoms with van der Waals surface area (Å²) in [6, 6.07) is 0. The average molecular weight is 106 g/mol. The van der Waals surface area contributed by atoms with Crippen molar-refractivity contribution in [2.24, 2.45) is 11.8 Å². The van der Waals surface area contributed by atoms with Gasteiger partial charge in [-0.2, -0.15) is 0 Å². The standard InChI is InChI=1S/C8H10/c1-2-7(1)5-6-8-3-4-8/h7-8H,1-4H2. The van der Waals surface area contributed by atoms with E-state index in [2.05, 4.69) is 11.8 Å². The van der Waals surface area contributed by atoms with Crippen molar-refractivity contribution in [3.63, 3.8) is 0 Å². The van der Waals surface area contributed by atoms with Crippen LogP contribution in [0.4, 0.5) is 0 Å². The predicted molar refractivity (Wildman–Crippen MR) is 33.2 cm³/mol. The molecule has 0 heteroatoms. The van der Waals surface area contributed by atoms with Crippen molar-refractivity contribution in [2.75, 3.05) is 0 Å². The van der Waals surface area contributed by atoms with Crippen LogP contribution in [0.5, 0.6) is 0 Å². The van der Waals surface area contributed by atoms with Gasteiger partial charge in [-0.05, 0) is 25.7 Å².